The summed E-state index contributed by atoms with van der Waals surface area (Å²) >= 11 is 0. The molecule has 0 bridgehead atoms. The third kappa shape index (κ3) is 4.78. The second kappa shape index (κ2) is 8.90. The van der Waals surface area contributed by atoms with Crippen LogP contribution in [0.1, 0.15) is 45.2 Å². The first-order valence-electron chi connectivity index (χ1n) is 11.7. The lowest BCUT2D eigenvalue weighted by atomic mass is 10.0. The molecule has 2 fully saturated rings. The number of hydrogen-bond acceptors (Lipinski definition) is 7. The number of nitrogens with one attached hydrogen (secondary N) is 1. The third-order valence-corrected chi connectivity index (χ3v) is 6.55. The van der Waals surface area contributed by atoms with Crippen LogP contribution in [0.25, 0.3) is 22.2 Å². The molecule has 0 aromatic carbocycles. The van der Waals surface area contributed by atoms with Crippen molar-refractivity contribution < 1.29 is 4.79 Å². The van der Waals surface area contributed by atoms with E-state index in [0.29, 0.717) is 24.3 Å². The van der Waals surface area contributed by atoms with Crippen molar-refractivity contribution in [3.05, 3.63) is 42.6 Å². The molecule has 3 aromatic heterocycles. The lowest BCUT2D eigenvalue weighted by Gasteiger charge is -2.35. The van der Waals surface area contributed by atoms with Crippen LogP contribution in [-0.2, 0) is 11.2 Å². The molecular weight excluding hydrogens is 400 g/mol. The molecule has 4 heterocycles. The summed E-state index contributed by atoms with van der Waals surface area (Å²) in [5, 5.41) is 4.54. The number of carbonyl (C=O) groups excluding carboxylic acids is 1. The van der Waals surface area contributed by atoms with Crippen molar-refractivity contribution in [2.24, 2.45) is 5.92 Å². The summed E-state index contributed by atoms with van der Waals surface area (Å²) in [7, 11) is 0. The summed E-state index contributed by atoms with van der Waals surface area (Å²) in [6.07, 6.45) is 11.8. The Balaban J connectivity index is 1.31. The largest absolute Gasteiger partial charge is 0.366 e. The molecule has 0 amide bonds. The first-order chi connectivity index (χ1) is 15.5. The molecule has 3 aromatic rings. The van der Waals surface area contributed by atoms with Gasteiger partial charge in [-0.1, -0.05) is 0 Å². The molecule has 0 unspecified atom stereocenters. The Bertz CT molecular complexity index is 1120. The van der Waals surface area contributed by atoms with E-state index in [1.165, 1.54) is 0 Å². The highest BCUT2D eigenvalue weighted by molar-refractivity contribution is 5.87. The van der Waals surface area contributed by atoms with Crippen LogP contribution in [0, 0.1) is 5.92 Å². The van der Waals surface area contributed by atoms with Crippen molar-refractivity contribution in [3.8, 4) is 11.3 Å². The Labute approximate surface area is 188 Å². The Hall–Kier alpha value is -2.93. The van der Waals surface area contributed by atoms with Gasteiger partial charge in [0.2, 0.25) is 0 Å². The third-order valence-electron chi connectivity index (χ3n) is 6.55. The van der Waals surface area contributed by atoms with Gasteiger partial charge in [0.25, 0.3) is 0 Å². The summed E-state index contributed by atoms with van der Waals surface area (Å²) in [5.74, 6) is 1.35. The molecule has 1 saturated heterocycles. The summed E-state index contributed by atoms with van der Waals surface area (Å²) in [5.41, 5.74) is 3.32. The Morgan fingerprint density at radius 1 is 1.06 bits per heavy atom. The van der Waals surface area contributed by atoms with E-state index in [2.05, 4.69) is 45.1 Å². The van der Waals surface area contributed by atoms with Crippen LogP contribution in [0.5, 0.6) is 0 Å². The summed E-state index contributed by atoms with van der Waals surface area (Å²) in [4.78, 5) is 32.9. The second-order valence-corrected chi connectivity index (χ2v) is 9.35. The molecule has 7 nitrogen and oxygen atoms in total. The molecule has 5 rings (SSSR count). The zero-order valence-electron chi connectivity index (χ0n) is 18.8. The van der Waals surface area contributed by atoms with Crippen molar-refractivity contribution >= 4 is 22.5 Å². The van der Waals surface area contributed by atoms with Crippen molar-refractivity contribution in [2.75, 3.05) is 18.4 Å². The van der Waals surface area contributed by atoms with Crippen molar-refractivity contribution in [1.29, 1.82) is 0 Å². The number of rotatable bonds is 7. The van der Waals surface area contributed by atoms with Gasteiger partial charge in [0.1, 0.15) is 11.6 Å². The molecule has 0 spiro atoms. The standard InChI is InChI=1S/C25H30N6O/c1-16(2)31-7-5-20(6-8-31)29-25-15-26-13-23(30-25)19-9-18-10-21(11-24(32)17-3-4-17)27-14-22(18)28-12-19/h9-10,12-17,20H,3-8,11H2,1-2H3,(H,29,30). The first-order valence-corrected chi connectivity index (χ1v) is 11.7. The Kier molecular flexibility index (Phi) is 5.83. The number of carbonyl (C=O) groups is 1. The lowest BCUT2D eigenvalue weighted by Crippen LogP contribution is -2.42. The van der Waals surface area contributed by atoms with Crippen molar-refractivity contribution in [3.63, 3.8) is 0 Å². The van der Waals surface area contributed by atoms with Crippen LogP contribution in [-0.4, -0.2) is 55.8 Å². The average Bonchev–Trinajstić information content (AvgIpc) is 3.65. The highest BCUT2D eigenvalue weighted by Gasteiger charge is 2.29. The fourth-order valence-corrected chi connectivity index (χ4v) is 4.39. The number of ketones is 1. The number of Topliss-reactive ketones (excluding diaryl/α,β-unsaturated/α-hetero) is 1. The van der Waals surface area contributed by atoms with Crippen molar-refractivity contribution in [1.82, 2.24) is 24.8 Å². The summed E-state index contributed by atoms with van der Waals surface area (Å²) in [6.45, 7) is 6.72. The molecule has 7 heteroatoms. The zero-order chi connectivity index (χ0) is 22.1. The predicted octanol–water partition coefficient (Wildman–Crippen LogP) is 3.89. The van der Waals surface area contributed by atoms with Gasteiger partial charge in [0.15, 0.2) is 0 Å². The van der Waals surface area contributed by atoms with Crippen LogP contribution in [0.15, 0.2) is 36.9 Å². The zero-order valence-corrected chi connectivity index (χ0v) is 18.8. The minimum Gasteiger partial charge on any atom is -0.366 e. The quantitative estimate of drug-likeness (QED) is 0.609. The van der Waals surface area contributed by atoms with Crippen molar-refractivity contribution in [2.45, 2.75) is 58.0 Å². The smallest absolute Gasteiger partial charge is 0.145 e. The van der Waals surface area contributed by atoms with Gasteiger partial charge < -0.3 is 10.2 Å². The fraction of sp³-hybridized carbons (Fsp3) is 0.480. The van der Waals surface area contributed by atoms with Gasteiger partial charge in [0, 0.05) is 60.4 Å². The van der Waals surface area contributed by atoms with E-state index >= 15 is 0 Å². The SMILES string of the molecule is CC(C)N1CCC(Nc2cncc(-c3cnc4cnc(CC(=O)C5CC5)cc4c3)n2)CC1. The summed E-state index contributed by atoms with van der Waals surface area (Å²) < 4.78 is 0. The second-order valence-electron chi connectivity index (χ2n) is 9.35. The number of hydrogen-bond donors (Lipinski definition) is 1. The normalized spacial score (nSPS) is 17.7. The minimum absolute atomic E-state index is 0.250. The number of aromatic nitrogens is 4. The molecule has 1 saturated carbocycles. The van der Waals surface area contributed by atoms with Gasteiger partial charge >= 0.3 is 0 Å². The van der Waals surface area contributed by atoms with Gasteiger partial charge in [-0.15, -0.1) is 0 Å². The van der Waals surface area contributed by atoms with Crippen LogP contribution in [0.4, 0.5) is 5.82 Å². The average molecular weight is 431 g/mol. The van der Waals surface area contributed by atoms with E-state index < -0.39 is 0 Å². The number of likely N-dealkylation sites (tertiary alicyclic amines) is 1. The highest BCUT2D eigenvalue weighted by atomic mass is 16.1. The molecule has 2 aliphatic rings. The number of pyridine rings is 2. The topological polar surface area (TPSA) is 83.9 Å². The van der Waals surface area contributed by atoms with Gasteiger partial charge in [0.05, 0.1) is 29.8 Å². The first kappa shape index (κ1) is 20.9. The van der Waals surface area contributed by atoms with Gasteiger partial charge in [-0.25, -0.2) is 4.98 Å². The van der Waals surface area contributed by atoms with E-state index in [1.54, 1.807) is 18.6 Å². The number of nitrogens with zero attached hydrogens (tertiary/aromatic N) is 5. The Morgan fingerprint density at radius 2 is 1.88 bits per heavy atom. The van der Waals surface area contributed by atoms with Gasteiger partial charge in [-0.2, -0.15) is 0 Å². The molecule has 32 heavy (non-hydrogen) atoms. The van der Waals surface area contributed by atoms with E-state index in [0.717, 1.165) is 72.4 Å². The fourth-order valence-electron chi connectivity index (χ4n) is 4.39. The van der Waals surface area contributed by atoms with E-state index in [-0.39, 0.29) is 5.92 Å². The highest BCUT2D eigenvalue weighted by Crippen LogP contribution is 2.31. The number of fused-ring (bicyclic) bond motifs is 1. The molecule has 166 valence electrons. The molecule has 1 aliphatic carbocycles. The van der Waals surface area contributed by atoms with Crippen LogP contribution in [0.2, 0.25) is 0 Å². The van der Waals surface area contributed by atoms with Crippen LogP contribution >= 0.6 is 0 Å². The Morgan fingerprint density at radius 3 is 2.62 bits per heavy atom. The molecule has 1 N–H and O–H groups in total. The molecule has 0 radical (unpaired) electrons. The molecule has 0 atom stereocenters. The molecule has 1 aliphatic heterocycles. The van der Waals surface area contributed by atoms with Gasteiger partial charge in [-0.05, 0) is 51.7 Å². The monoisotopic (exact) mass is 430 g/mol. The van der Waals surface area contributed by atoms with Crippen LogP contribution < -0.4 is 5.32 Å². The lowest BCUT2D eigenvalue weighted by molar-refractivity contribution is -0.119. The number of piperidine rings is 1. The maximum atomic E-state index is 12.2. The number of anilines is 1. The van der Waals surface area contributed by atoms with E-state index in [9.17, 15) is 4.79 Å². The minimum atomic E-state index is 0.250. The van der Waals surface area contributed by atoms with E-state index in [4.69, 9.17) is 4.98 Å². The summed E-state index contributed by atoms with van der Waals surface area (Å²) in [6, 6.07) is 5.05. The predicted molar refractivity (Wildman–Crippen MR) is 125 cm³/mol. The van der Waals surface area contributed by atoms with Gasteiger partial charge in [-0.3, -0.25) is 19.7 Å². The van der Waals surface area contributed by atoms with E-state index in [1.807, 2.05) is 12.3 Å². The van der Waals surface area contributed by atoms with Crippen LogP contribution in [0.3, 0.4) is 0 Å². The maximum Gasteiger partial charge on any atom is 0.145 e. The molecular formula is C25H30N6O. The maximum absolute atomic E-state index is 12.2.